The first-order valence-corrected chi connectivity index (χ1v) is 9.03. The van der Waals surface area contributed by atoms with Gasteiger partial charge in [-0.05, 0) is 50.8 Å². The van der Waals surface area contributed by atoms with Crippen LogP contribution in [0.1, 0.15) is 37.8 Å². The molecule has 0 aliphatic carbocycles. The van der Waals surface area contributed by atoms with Crippen molar-refractivity contribution in [1.82, 2.24) is 4.57 Å². The van der Waals surface area contributed by atoms with E-state index in [1.807, 2.05) is 0 Å². The van der Waals surface area contributed by atoms with Crippen molar-refractivity contribution < 1.29 is 9.90 Å². The quantitative estimate of drug-likeness (QED) is 0.452. The fourth-order valence-electron chi connectivity index (χ4n) is 1.91. The first-order valence-electron chi connectivity index (χ1n) is 6.32. The lowest BCUT2D eigenvalue weighted by molar-refractivity contribution is -0.137. The molecule has 1 heterocycles. The zero-order valence-corrected chi connectivity index (χ0v) is 15.6. The smallest absolute Gasteiger partial charge is 0.303 e. The average molecular weight is 474 g/mol. The summed E-state index contributed by atoms with van der Waals surface area (Å²) in [6.45, 7) is 0.644. The minimum absolute atomic E-state index is 0.0341. The number of rotatable bonds is 8. The number of pyridine rings is 1. The molecule has 0 atom stereocenters. The first-order chi connectivity index (χ1) is 9.47. The molecule has 0 saturated carbocycles. The Labute approximate surface area is 143 Å². The number of aliphatic carboxylic acids is 1. The van der Waals surface area contributed by atoms with Gasteiger partial charge in [-0.15, -0.1) is 0 Å². The summed E-state index contributed by atoms with van der Waals surface area (Å²) in [6.07, 6.45) is 3.57. The highest BCUT2D eigenvalue weighted by Crippen LogP contribution is 2.21. The molecule has 20 heavy (non-hydrogen) atoms. The molecule has 4 nitrogen and oxygen atoms in total. The van der Waals surface area contributed by atoms with Crippen LogP contribution in [0.3, 0.4) is 0 Å². The molecule has 0 unspecified atom stereocenters. The van der Waals surface area contributed by atoms with Crippen molar-refractivity contribution in [3.63, 3.8) is 0 Å². The number of halogens is 3. The van der Waals surface area contributed by atoms with Crippen LogP contribution in [0, 0.1) is 0 Å². The van der Waals surface area contributed by atoms with Gasteiger partial charge in [-0.25, -0.2) is 0 Å². The van der Waals surface area contributed by atoms with Crippen LogP contribution in [0.15, 0.2) is 19.8 Å². The van der Waals surface area contributed by atoms with E-state index in [-0.39, 0.29) is 12.0 Å². The second-order valence-electron chi connectivity index (χ2n) is 4.44. The Balaban J connectivity index is 2.59. The number of carbonyl (C=O) groups is 1. The summed E-state index contributed by atoms with van der Waals surface area (Å²) in [6, 6.07) is 1.77. The minimum atomic E-state index is -0.751. The SMILES string of the molecule is O=C(O)CCCCCCn1c(CBr)c(Br)cc(Br)c1=O. The molecule has 0 radical (unpaired) electrons. The van der Waals surface area contributed by atoms with Gasteiger partial charge in [0.05, 0.1) is 4.47 Å². The summed E-state index contributed by atoms with van der Waals surface area (Å²) in [4.78, 5) is 22.5. The third-order valence-corrected chi connectivity index (χ3v) is 4.74. The molecule has 112 valence electrons. The molecular weight excluding hydrogens is 458 g/mol. The van der Waals surface area contributed by atoms with Gasteiger partial charge in [0.2, 0.25) is 0 Å². The van der Waals surface area contributed by atoms with Gasteiger partial charge < -0.3 is 9.67 Å². The van der Waals surface area contributed by atoms with E-state index in [9.17, 15) is 9.59 Å². The van der Waals surface area contributed by atoms with E-state index in [2.05, 4.69) is 47.8 Å². The highest BCUT2D eigenvalue weighted by Gasteiger charge is 2.10. The van der Waals surface area contributed by atoms with Crippen molar-refractivity contribution in [2.75, 3.05) is 0 Å². The Morgan fingerprint density at radius 3 is 2.40 bits per heavy atom. The average Bonchev–Trinajstić information content (AvgIpc) is 2.38. The lowest BCUT2D eigenvalue weighted by Gasteiger charge is -2.13. The van der Waals surface area contributed by atoms with Crippen LogP contribution < -0.4 is 5.56 Å². The van der Waals surface area contributed by atoms with Crippen LogP contribution in [0.4, 0.5) is 0 Å². The topological polar surface area (TPSA) is 59.3 Å². The van der Waals surface area contributed by atoms with E-state index in [0.717, 1.165) is 29.4 Å². The van der Waals surface area contributed by atoms with Gasteiger partial charge in [-0.2, -0.15) is 0 Å². The second-order valence-corrected chi connectivity index (χ2v) is 6.70. The molecule has 0 spiro atoms. The first kappa shape index (κ1) is 17.9. The fourth-order valence-corrected chi connectivity index (χ4v) is 4.22. The van der Waals surface area contributed by atoms with Gasteiger partial charge in [0.1, 0.15) is 0 Å². The summed E-state index contributed by atoms with van der Waals surface area (Å²) in [5, 5.41) is 9.16. The third-order valence-electron chi connectivity index (χ3n) is 2.95. The fraction of sp³-hybridized carbons (Fsp3) is 0.538. The number of carboxylic acids is 1. The van der Waals surface area contributed by atoms with Crippen molar-refractivity contribution in [2.45, 2.75) is 44.0 Å². The van der Waals surface area contributed by atoms with Gasteiger partial charge in [0.25, 0.3) is 5.56 Å². The Morgan fingerprint density at radius 2 is 1.80 bits per heavy atom. The van der Waals surface area contributed by atoms with Crippen LogP contribution in [0.2, 0.25) is 0 Å². The zero-order valence-electron chi connectivity index (χ0n) is 10.9. The highest BCUT2D eigenvalue weighted by molar-refractivity contribution is 9.11. The van der Waals surface area contributed by atoms with Gasteiger partial charge in [-0.1, -0.05) is 28.8 Å². The number of alkyl halides is 1. The maximum atomic E-state index is 12.1. The van der Waals surface area contributed by atoms with E-state index < -0.39 is 5.97 Å². The monoisotopic (exact) mass is 471 g/mol. The molecule has 7 heteroatoms. The zero-order chi connectivity index (χ0) is 15.1. The molecule has 0 amide bonds. The Morgan fingerprint density at radius 1 is 1.15 bits per heavy atom. The molecule has 0 aliphatic heterocycles. The second kappa shape index (κ2) is 9.00. The van der Waals surface area contributed by atoms with E-state index in [1.165, 1.54) is 0 Å². The van der Waals surface area contributed by atoms with Crippen LogP contribution in [-0.2, 0) is 16.7 Å². The minimum Gasteiger partial charge on any atom is -0.481 e. The third kappa shape index (κ3) is 5.33. The van der Waals surface area contributed by atoms with Gasteiger partial charge in [-0.3, -0.25) is 9.59 Å². The Hall–Kier alpha value is -0.140. The standard InChI is InChI=1S/C13H16Br3NO3/c14-8-11-9(15)7-10(16)13(20)17(11)6-4-2-1-3-5-12(18)19/h7H,1-6,8H2,(H,18,19). The summed E-state index contributed by atoms with van der Waals surface area (Å²) >= 11 is 10.1. The summed E-state index contributed by atoms with van der Waals surface area (Å²) in [5.74, 6) is -0.751. The van der Waals surface area contributed by atoms with E-state index >= 15 is 0 Å². The predicted octanol–water partition coefficient (Wildman–Crippen LogP) is 4.30. The highest BCUT2D eigenvalue weighted by atomic mass is 79.9. The molecule has 0 aromatic carbocycles. The predicted molar refractivity (Wildman–Crippen MR) is 89.5 cm³/mol. The summed E-state index contributed by atoms with van der Waals surface area (Å²) < 4.78 is 3.19. The number of unbranched alkanes of at least 4 members (excludes halogenated alkanes) is 3. The van der Waals surface area contributed by atoms with Crippen molar-refractivity contribution in [1.29, 1.82) is 0 Å². The molecule has 1 N–H and O–H groups in total. The Kier molecular flexibility index (Phi) is 8.06. The molecular formula is C13H16Br3NO3. The maximum absolute atomic E-state index is 12.1. The van der Waals surface area contributed by atoms with Crippen molar-refractivity contribution in [3.8, 4) is 0 Å². The lowest BCUT2D eigenvalue weighted by atomic mass is 10.1. The van der Waals surface area contributed by atoms with Crippen molar-refractivity contribution >= 4 is 53.8 Å². The van der Waals surface area contributed by atoms with Crippen LogP contribution in [0.25, 0.3) is 0 Å². The molecule has 0 aliphatic rings. The number of aromatic nitrogens is 1. The van der Waals surface area contributed by atoms with Gasteiger partial charge in [0, 0.05) is 28.5 Å². The molecule has 0 fully saturated rings. The molecule has 0 bridgehead atoms. The number of carboxylic acid groups (broad SMARTS) is 1. The van der Waals surface area contributed by atoms with Gasteiger partial charge >= 0.3 is 5.97 Å². The molecule has 0 saturated heterocycles. The Bertz CT molecular complexity index is 528. The largest absolute Gasteiger partial charge is 0.481 e. The summed E-state index contributed by atoms with van der Waals surface area (Å²) in [7, 11) is 0. The lowest BCUT2D eigenvalue weighted by Crippen LogP contribution is -2.24. The van der Waals surface area contributed by atoms with E-state index in [0.29, 0.717) is 22.8 Å². The van der Waals surface area contributed by atoms with Crippen molar-refractivity contribution in [3.05, 3.63) is 31.1 Å². The van der Waals surface area contributed by atoms with E-state index in [4.69, 9.17) is 5.11 Å². The van der Waals surface area contributed by atoms with Gasteiger partial charge in [0.15, 0.2) is 0 Å². The number of hydrogen-bond donors (Lipinski definition) is 1. The molecule has 1 aromatic heterocycles. The normalized spacial score (nSPS) is 10.8. The van der Waals surface area contributed by atoms with Crippen molar-refractivity contribution in [2.24, 2.45) is 0 Å². The van der Waals surface area contributed by atoms with Crippen LogP contribution >= 0.6 is 47.8 Å². The maximum Gasteiger partial charge on any atom is 0.303 e. The van der Waals surface area contributed by atoms with Crippen LogP contribution in [0.5, 0.6) is 0 Å². The number of nitrogens with zero attached hydrogens (tertiary/aromatic N) is 1. The number of hydrogen-bond acceptors (Lipinski definition) is 2. The summed E-state index contributed by atoms with van der Waals surface area (Å²) in [5.41, 5.74) is 0.886. The van der Waals surface area contributed by atoms with E-state index in [1.54, 1.807) is 10.6 Å². The molecule has 1 rings (SSSR count). The molecule has 1 aromatic rings. The van der Waals surface area contributed by atoms with Crippen LogP contribution in [-0.4, -0.2) is 15.6 Å².